The van der Waals surface area contributed by atoms with Gasteiger partial charge in [-0.15, -0.1) is 0 Å². The van der Waals surface area contributed by atoms with Crippen molar-refractivity contribution in [2.75, 3.05) is 6.54 Å². The molecule has 1 aliphatic heterocycles. The summed E-state index contributed by atoms with van der Waals surface area (Å²) < 4.78 is 0. The van der Waals surface area contributed by atoms with Crippen molar-refractivity contribution in [3.63, 3.8) is 0 Å². The predicted molar refractivity (Wildman–Crippen MR) is 105 cm³/mol. The first kappa shape index (κ1) is 20.3. The molecule has 4 nitrogen and oxygen atoms in total. The van der Waals surface area contributed by atoms with E-state index in [2.05, 4.69) is 44.9 Å². The van der Waals surface area contributed by atoms with Crippen LogP contribution in [0.4, 0.5) is 0 Å². The molecule has 2 amide bonds. The van der Waals surface area contributed by atoms with Gasteiger partial charge in [-0.05, 0) is 48.9 Å². The molecule has 1 fully saturated rings. The fourth-order valence-electron chi connectivity index (χ4n) is 3.19. The molecule has 0 unspecified atom stereocenters. The SMILES string of the molecule is CC(C)C[C@H]1CN(C(=O)C#Cc2ccc(Cl)cc2)[C@@H](CC(C)C)C(=O)N1. The van der Waals surface area contributed by atoms with Crippen LogP contribution in [0.2, 0.25) is 5.02 Å². The van der Waals surface area contributed by atoms with Gasteiger partial charge in [0.2, 0.25) is 5.91 Å². The first-order valence-electron chi connectivity index (χ1n) is 9.14. The number of hydrogen-bond acceptors (Lipinski definition) is 2. The second kappa shape index (κ2) is 9.09. The second-order valence-electron chi connectivity index (χ2n) is 7.69. The molecule has 2 atom stereocenters. The Balaban J connectivity index is 2.20. The van der Waals surface area contributed by atoms with Gasteiger partial charge < -0.3 is 10.2 Å². The van der Waals surface area contributed by atoms with E-state index in [0.717, 1.165) is 12.0 Å². The molecule has 0 radical (unpaired) electrons. The van der Waals surface area contributed by atoms with Gasteiger partial charge in [-0.25, -0.2) is 0 Å². The Bertz CT molecular complexity index is 701. The highest BCUT2D eigenvalue weighted by Gasteiger charge is 2.37. The fourth-order valence-corrected chi connectivity index (χ4v) is 3.31. The largest absolute Gasteiger partial charge is 0.350 e. The molecule has 0 bridgehead atoms. The number of benzene rings is 1. The Kier molecular flexibility index (Phi) is 7.11. The van der Waals surface area contributed by atoms with Crippen molar-refractivity contribution < 1.29 is 9.59 Å². The van der Waals surface area contributed by atoms with Crippen LogP contribution in [-0.2, 0) is 9.59 Å². The first-order chi connectivity index (χ1) is 12.3. The third kappa shape index (κ3) is 5.78. The number of halogens is 1. The average molecular weight is 375 g/mol. The highest BCUT2D eigenvalue weighted by atomic mass is 35.5. The summed E-state index contributed by atoms with van der Waals surface area (Å²) >= 11 is 5.87. The number of amides is 2. The summed E-state index contributed by atoms with van der Waals surface area (Å²) in [6, 6.07) is 6.56. The summed E-state index contributed by atoms with van der Waals surface area (Å²) in [5.41, 5.74) is 0.725. The zero-order chi connectivity index (χ0) is 19.3. The van der Waals surface area contributed by atoms with Crippen molar-refractivity contribution in [2.45, 2.75) is 52.6 Å². The molecule has 1 heterocycles. The van der Waals surface area contributed by atoms with Crippen LogP contribution >= 0.6 is 11.6 Å². The fraction of sp³-hybridized carbons (Fsp3) is 0.524. The molecule has 26 heavy (non-hydrogen) atoms. The van der Waals surface area contributed by atoms with Gasteiger partial charge in [0, 0.05) is 29.1 Å². The smallest absolute Gasteiger partial charge is 0.299 e. The highest BCUT2D eigenvalue weighted by molar-refractivity contribution is 6.30. The lowest BCUT2D eigenvalue weighted by Gasteiger charge is -2.39. The van der Waals surface area contributed by atoms with E-state index in [1.165, 1.54) is 0 Å². The maximum atomic E-state index is 12.8. The molecule has 1 N–H and O–H groups in total. The number of nitrogens with zero attached hydrogens (tertiary/aromatic N) is 1. The molecule has 0 saturated carbocycles. The summed E-state index contributed by atoms with van der Waals surface area (Å²) in [5.74, 6) is 5.97. The molecule has 2 rings (SSSR count). The van der Waals surface area contributed by atoms with Crippen molar-refractivity contribution in [3.05, 3.63) is 34.9 Å². The van der Waals surface area contributed by atoms with Crippen molar-refractivity contribution >= 4 is 23.4 Å². The maximum Gasteiger partial charge on any atom is 0.299 e. The molecule has 0 aliphatic carbocycles. The number of hydrogen-bond donors (Lipinski definition) is 1. The third-order valence-corrected chi connectivity index (χ3v) is 4.56. The van der Waals surface area contributed by atoms with Gasteiger partial charge in [-0.3, -0.25) is 9.59 Å². The Morgan fingerprint density at radius 2 is 1.81 bits per heavy atom. The minimum absolute atomic E-state index is 0.0211. The quantitative estimate of drug-likeness (QED) is 0.820. The summed E-state index contributed by atoms with van der Waals surface area (Å²) in [4.78, 5) is 27.0. The van der Waals surface area contributed by atoms with E-state index in [1.807, 2.05) is 0 Å². The van der Waals surface area contributed by atoms with Crippen molar-refractivity contribution in [3.8, 4) is 11.8 Å². The predicted octanol–water partition coefficient (Wildman–Crippen LogP) is 3.48. The van der Waals surface area contributed by atoms with E-state index >= 15 is 0 Å². The van der Waals surface area contributed by atoms with E-state index in [0.29, 0.717) is 29.8 Å². The molecule has 5 heteroatoms. The Morgan fingerprint density at radius 3 is 2.38 bits per heavy atom. The van der Waals surface area contributed by atoms with Crippen molar-refractivity contribution in [1.29, 1.82) is 0 Å². The van der Waals surface area contributed by atoms with Crippen LogP contribution in [0.15, 0.2) is 24.3 Å². The first-order valence-corrected chi connectivity index (χ1v) is 9.52. The Labute approximate surface area is 161 Å². The molecule has 1 aromatic carbocycles. The molecule has 140 valence electrons. The molecule has 1 aromatic rings. The standard InChI is InChI=1S/C21H27ClN2O2/c1-14(2)11-18-13-24(19(12-15(3)4)21(26)23-18)20(25)10-7-16-5-8-17(22)9-6-16/h5-6,8-9,14-15,18-19H,11-13H2,1-4H3,(H,23,26)/t18-,19-/m0/s1. The van der Waals surface area contributed by atoms with Gasteiger partial charge in [0.1, 0.15) is 6.04 Å². The lowest BCUT2D eigenvalue weighted by atomic mass is 9.95. The van der Waals surface area contributed by atoms with Gasteiger partial charge in [0.15, 0.2) is 0 Å². The lowest BCUT2D eigenvalue weighted by Crippen LogP contribution is -2.61. The molecule has 1 aliphatic rings. The normalized spacial score (nSPS) is 20.0. The summed E-state index contributed by atoms with van der Waals surface area (Å²) in [6.07, 6.45) is 1.48. The van der Waals surface area contributed by atoms with Crippen LogP contribution in [0.5, 0.6) is 0 Å². The summed E-state index contributed by atoms with van der Waals surface area (Å²) in [7, 11) is 0. The summed E-state index contributed by atoms with van der Waals surface area (Å²) in [6.45, 7) is 8.83. The van der Waals surface area contributed by atoms with Crippen LogP contribution in [0, 0.1) is 23.7 Å². The zero-order valence-electron chi connectivity index (χ0n) is 15.9. The van der Waals surface area contributed by atoms with Crippen LogP contribution in [-0.4, -0.2) is 35.3 Å². The van der Waals surface area contributed by atoms with Crippen molar-refractivity contribution in [1.82, 2.24) is 10.2 Å². The number of nitrogens with one attached hydrogen (secondary N) is 1. The van der Waals surface area contributed by atoms with Crippen LogP contribution in [0.25, 0.3) is 0 Å². The van der Waals surface area contributed by atoms with E-state index in [4.69, 9.17) is 11.6 Å². The second-order valence-corrected chi connectivity index (χ2v) is 8.13. The van der Waals surface area contributed by atoms with Crippen molar-refractivity contribution in [2.24, 2.45) is 11.8 Å². The molecule has 0 spiro atoms. The topological polar surface area (TPSA) is 49.4 Å². The van der Waals surface area contributed by atoms with Gasteiger partial charge in [0.05, 0.1) is 0 Å². The van der Waals surface area contributed by atoms with E-state index in [-0.39, 0.29) is 17.9 Å². The Morgan fingerprint density at radius 1 is 1.19 bits per heavy atom. The minimum Gasteiger partial charge on any atom is -0.350 e. The van der Waals surface area contributed by atoms with E-state index < -0.39 is 6.04 Å². The molecule has 1 saturated heterocycles. The van der Waals surface area contributed by atoms with E-state index in [9.17, 15) is 9.59 Å². The number of rotatable bonds is 4. The van der Waals surface area contributed by atoms with Gasteiger partial charge in [-0.1, -0.05) is 45.2 Å². The van der Waals surface area contributed by atoms with E-state index in [1.54, 1.807) is 29.2 Å². The monoisotopic (exact) mass is 374 g/mol. The van der Waals surface area contributed by atoms with Gasteiger partial charge in [-0.2, -0.15) is 0 Å². The maximum absolute atomic E-state index is 12.8. The lowest BCUT2D eigenvalue weighted by molar-refractivity contribution is -0.142. The summed E-state index contributed by atoms with van der Waals surface area (Å²) in [5, 5.41) is 3.70. The van der Waals surface area contributed by atoms with Gasteiger partial charge in [0.25, 0.3) is 5.91 Å². The van der Waals surface area contributed by atoms with Crippen LogP contribution in [0.1, 0.15) is 46.1 Å². The third-order valence-electron chi connectivity index (χ3n) is 4.31. The molecular formula is C21H27ClN2O2. The van der Waals surface area contributed by atoms with Gasteiger partial charge >= 0.3 is 0 Å². The number of carbonyl (C=O) groups is 2. The average Bonchev–Trinajstić information content (AvgIpc) is 2.55. The zero-order valence-corrected chi connectivity index (χ0v) is 16.6. The minimum atomic E-state index is -0.453. The Hall–Kier alpha value is -1.99. The number of piperazine rings is 1. The molecular weight excluding hydrogens is 348 g/mol. The van der Waals surface area contributed by atoms with Crippen LogP contribution in [0.3, 0.4) is 0 Å². The number of carbonyl (C=O) groups excluding carboxylic acids is 2. The molecule has 0 aromatic heterocycles. The van der Waals surface area contributed by atoms with Crippen LogP contribution < -0.4 is 5.32 Å². The highest BCUT2D eigenvalue weighted by Crippen LogP contribution is 2.19.